The van der Waals surface area contributed by atoms with Crippen LogP contribution in [0.4, 0.5) is 5.69 Å². The van der Waals surface area contributed by atoms with Gasteiger partial charge in [-0.1, -0.05) is 17.7 Å². The Kier molecular flexibility index (Phi) is 4.98. The maximum atomic E-state index is 11.6. The number of carbonyl (C=O) groups is 1. The molecule has 0 fully saturated rings. The van der Waals surface area contributed by atoms with Crippen LogP contribution in [0.25, 0.3) is 0 Å². The van der Waals surface area contributed by atoms with Gasteiger partial charge in [-0.2, -0.15) is 0 Å². The molecule has 2 rings (SSSR count). The summed E-state index contributed by atoms with van der Waals surface area (Å²) in [6.45, 7) is 7.96. The van der Waals surface area contributed by atoms with Gasteiger partial charge >= 0.3 is 0 Å². The van der Waals surface area contributed by atoms with Crippen molar-refractivity contribution in [1.29, 1.82) is 0 Å². The van der Waals surface area contributed by atoms with E-state index in [1.165, 1.54) is 28.2 Å². The van der Waals surface area contributed by atoms with Gasteiger partial charge in [-0.15, -0.1) is 11.3 Å². The number of anilines is 1. The van der Waals surface area contributed by atoms with E-state index in [0.29, 0.717) is 4.88 Å². The minimum atomic E-state index is -0.229. The molecule has 112 valence electrons. The highest BCUT2D eigenvalue weighted by molar-refractivity contribution is 7.14. The van der Waals surface area contributed by atoms with Crippen molar-refractivity contribution in [2.24, 2.45) is 5.84 Å². The number of carbonyl (C=O) groups excluding carboxylic acids is 1. The average Bonchev–Trinajstić information content (AvgIpc) is 2.86. The van der Waals surface area contributed by atoms with Gasteiger partial charge in [0.05, 0.1) is 4.88 Å². The molecular weight excluding hydrogens is 282 g/mol. The van der Waals surface area contributed by atoms with Crippen molar-refractivity contribution in [1.82, 2.24) is 5.43 Å². The number of nitrogens with zero attached hydrogens (tertiary/aromatic N) is 1. The molecule has 0 radical (unpaired) electrons. The summed E-state index contributed by atoms with van der Waals surface area (Å²) >= 11 is 1.48. The average molecular weight is 303 g/mol. The van der Waals surface area contributed by atoms with Gasteiger partial charge in [0.15, 0.2) is 0 Å². The monoisotopic (exact) mass is 303 g/mol. The van der Waals surface area contributed by atoms with E-state index in [0.717, 1.165) is 18.0 Å². The molecular formula is C16H21N3OS. The summed E-state index contributed by atoms with van der Waals surface area (Å²) < 4.78 is 0. The summed E-state index contributed by atoms with van der Waals surface area (Å²) in [5.41, 5.74) is 5.80. The van der Waals surface area contributed by atoms with Crippen molar-refractivity contribution in [3.63, 3.8) is 0 Å². The predicted octanol–water partition coefficient (Wildman–Crippen LogP) is 2.99. The van der Waals surface area contributed by atoms with Crippen LogP contribution in [0, 0.1) is 13.8 Å². The zero-order valence-corrected chi connectivity index (χ0v) is 13.5. The van der Waals surface area contributed by atoms with Crippen LogP contribution < -0.4 is 16.2 Å². The van der Waals surface area contributed by atoms with Crippen molar-refractivity contribution in [2.45, 2.75) is 27.3 Å². The molecule has 0 aliphatic heterocycles. The number of nitrogens with one attached hydrogen (secondary N) is 1. The summed E-state index contributed by atoms with van der Waals surface area (Å²) in [4.78, 5) is 15.7. The minimum Gasteiger partial charge on any atom is -0.367 e. The van der Waals surface area contributed by atoms with Crippen LogP contribution >= 0.6 is 11.3 Å². The van der Waals surface area contributed by atoms with E-state index in [4.69, 9.17) is 5.84 Å². The molecule has 1 aromatic heterocycles. The Morgan fingerprint density at radius 1 is 1.29 bits per heavy atom. The van der Waals surface area contributed by atoms with Crippen LogP contribution in [0.1, 0.15) is 32.6 Å². The third kappa shape index (κ3) is 3.62. The summed E-state index contributed by atoms with van der Waals surface area (Å²) in [5, 5.41) is 0. The minimum absolute atomic E-state index is 0.229. The fraction of sp³-hybridized carbons (Fsp3) is 0.312. The molecule has 2 aromatic rings. The first-order valence-electron chi connectivity index (χ1n) is 6.97. The van der Waals surface area contributed by atoms with Crippen molar-refractivity contribution in [2.75, 3.05) is 11.4 Å². The lowest BCUT2D eigenvalue weighted by Crippen LogP contribution is -2.29. The Balaban J connectivity index is 2.20. The van der Waals surface area contributed by atoms with E-state index in [9.17, 15) is 4.79 Å². The van der Waals surface area contributed by atoms with Crippen LogP contribution in [-0.2, 0) is 6.54 Å². The Hall–Kier alpha value is -1.85. The predicted molar refractivity (Wildman–Crippen MR) is 88.6 cm³/mol. The van der Waals surface area contributed by atoms with Crippen LogP contribution in [0.5, 0.6) is 0 Å². The van der Waals surface area contributed by atoms with Gasteiger partial charge in [0.25, 0.3) is 5.91 Å². The Morgan fingerprint density at radius 3 is 2.52 bits per heavy atom. The second-order valence-electron chi connectivity index (χ2n) is 5.02. The molecule has 21 heavy (non-hydrogen) atoms. The maximum absolute atomic E-state index is 11.6. The van der Waals surface area contributed by atoms with Crippen LogP contribution in [-0.4, -0.2) is 12.5 Å². The number of amides is 1. The molecule has 0 saturated carbocycles. The highest BCUT2D eigenvalue weighted by atomic mass is 32.1. The second kappa shape index (κ2) is 6.74. The molecule has 0 saturated heterocycles. The second-order valence-corrected chi connectivity index (χ2v) is 6.27. The molecule has 0 bridgehead atoms. The molecule has 3 N–H and O–H groups in total. The lowest BCUT2D eigenvalue weighted by atomic mass is 10.2. The van der Waals surface area contributed by atoms with Gasteiger partial charge < -0.3 is 4.90 Å². The Morgan fingerprint density at radius 2 is 1.95 bits per heavy atom. The molecule has 5 heteroatoms. The van der Waals surface area contributed by atoms with Crippen LogP contribution in [0.15, 0.2) is 30.3 Å². The van der Waals surface area contributed by atoms with Gasteiger partial charge in [0, 0.05) is 23.7 Å². The number of hydrogen-bond acceptors (Lipinski definition) is 4. The molecule has 1 amide bonds. The SMILES string of the molecule is CCN(Cc1cc(C(=O)NN)sc1C)c1ccc(C)cc1. The standard InChI is InChI=1S/C16H21N3OS/c1-4-19(14-7-5-11(2)6-8-14)10-13-9-15(16(20)18-17)21-12(13)3/h5-9H,4,10,17H2,1-3H3,(H,18,20). The largest absolute Gasteiger partial charge is 0.367 e. The van der Waals surface area contributed by atoms with E-state index in [-0.39, 0.29) is 5.91 Å². The van der Waals surface area contributed by atoms with Gasteiger partial charge in [-0.25, -0.2) is 5.84 Å². The number of hydrogen-bond donors (Lipinski definition) is 2. The summed E-state index contributed by atoms with van der Waals surface area (Å²) in [6.07, 6.45) is 0. The molecule has 4 nitrogen and oxygen atoms in total. The zero-order chi connectivity index (χ0) is 15.4. The number of thiophene rings is 1. The number of aryl methyl sites for hydroxylation is 2. The van der Waals surface area contributed by atoms with Crippen LogP contribution in [0.2, 0.25) is 0 Å². The number of benzene rings is 1. The summed E-state index contributed by atoms with van der Waals surface area (Å²) in [5.74, 6) is 4.96. The first-order chi connectivity index (χ1) is 10.0. The molecule has 1 heterocycles. The normalized spacial score (nSPS) is 10.5. The van der Waals surface area contributed by atoms with Crippen molar-refractivity contribution in [3.05, 3.63) is 51.2 Å². The third-order valence-electron chi connectivity index (χ3n) is 3.52. The molecule has 0 unspecified atom stereocenters. The van der Waals surface area contributed by atoms with Gasteiger partial charge in [0.2, 0.25) is 0 Å². The van der Waals surface area contributed by atoms with Crippen molar-refractivity contribution in [3.8, 4) is 0 Å². The number of nitrogens with two attached hydrogens (primary N) is 1. The highest BCUT2D eigenvalue weighted by Gasteiger charge is 2.14. The lowest BCUT2D eigenvalue weighted by Gasteiger charge is -2.23. The summed E-state index contributed by atoms with van der Waals surface area (Å²) in [7, 11) is 0. The lowest BCUT2D eigenvalue weighted by molar-refractivity contribution is 0.0957. The Labute approximate surface area is 129 Å². The van der Waals surface area contributed by atoms with Gasteiger partial charge in [-0.05, 0) is 44.5 Å². The Bertz CT molecular complexity index is 619. The van der Waals surface area contributed by atoms with E-state index >= 15 is 0 Å². The van der Waals surface area contributed by atoms with Gasteiger partial charge in [0.1, 0.15) is 0 Å². The maximum Gasteiger partial charge on any atom is 0.275 e. The fourth-order valence-corrected chi connectivity index (χ4v) is 3.14. The molecule has 0 atom stereocenters. The smallest absolute Gasteiger partial charge is 0.275 e. The number of rotatable bonds is 5. The van der Waals surface area contributed by atoms with E-state index in [2.05, 4.69) is 48.4 Å². The first kappa shape index (κ1) is 15.5. The van der Waals surface area contributed by atoms with E-state index in [1.807, 2.05) is 13.0 Å². The topological polar surface area (TPSA) is 58.4 Å². The molecule has 0 aliphatic rings. The van der Waals surface area contributed by atoms with E-state index in [1.54, 1.807) is 0 Å². The van der Waals surface area contributed by atoms with Crippen LogP contribution in [0.3, 0.4) is 0 Å². The highest BCUT2D eigenvalue weighted by Crippen LogP contribution is 2.25. The number of nitrogen functional groups attached to an aromatic ring is 1. The van der Waals surface area contributed by atoms with E-state index < -0.39 is 0 Å². The molecule has 0 aliphatic carbocycles. The fourth-order valence-electron chi connectivity index (χ4n) is 2.21. The van der Waals surface area contributed by atoms with Gasteiger partial charge in [-0.3, -0.25) is 10.2 Å². The van der Waals surface area contributed by atoms with Crippen molar-refractivity contribution < 1.29 is 4.79 Å². The third-order valence-corrected chi connectivity index (χ3v) is 4.61. The summed E-state index contributed by atoms with van der Waals surface area (Å²) in [6, 6.07) is 10.4. The first-order valence-corrected chi connectivity index (χ1v) is 7.78. The zero-order valence-electron chi connectivity index (χ0n) is 12.6. The molecule has 0 spiro atoms. The quantitative estimate of drug-likeness (QED) is 0.507. The molecule has 1 aromatic carbocycles. The number of hydrazine groups is 1. The van der Waals surface area contributed by atoms with Crippen molar-refractivity contribution >= 4 is 22.9 Å².